The van der Waals surface area contributed by atoms with Gasteiger partial charge >= 0.3 is 12.1 Å². The number of alkyl carbamates (subject to hydrolysis) is 1. The fraction of sp³-hybridized carbons (Fsp3) is 0.455. The Bertz CT molecular complexity index is 1160. The minimum absolute atomic E-state index is 0.0476. The van der Waals surface area contributed by atoms with E-state index in [9.17, 15) is 24.3 Å². The molecule has 228 valence electrons. The van der Waals surface area contributed by atoms with Gasteiger partial charge in [-0.2, -0.15) is 0 Å². The van der Waals surface area contributed by atoms with Gasteiger partial charge in [-0.05, 0) is 63.1 Å². The molecule has 0 aliphatic heterocycles. The van der Waals surface area contributed by atoms with Crippen molar-refractivity contribution >= 4 is 23.8 Å². The van der Waals surface area contributed by atoms with E-state index in [1.54, 1.807) is 45.0 Å². The Morgan fingerprint density at radius 2 is 1.62 bits per heavy atom. The number of ether oxygens (including phenoxy) is 2. The molecular weight excluding hydrogens is 536 g/mol. The van der Waals surface area contributed by atoms with Gasteiger partial charge in [0.05, 0.1) is 25.0 Å². The normalized spacial score (nSPS) is 12.5. The van der Waals surface area contributed by atoms with E-state index in [1.807, 2.05) is 30.3 Å². The molecule has 2 rings (SSSR count). The van der Waals surface area contributed by atoms with Crippen molar-refractivity contribution in [2.75, 3.05) is 13.2 Å². The van der Waals surface area contributed by atoms with Crippen molar-refractivity contribution in [1.29, 1.82) is 0 Å². The van der Waals surface area contributed by atoms with Gasteiger partial charge in [0.1, 0.15) is 12.2 Å². The van der Waals surface area contributed by atoms with Gasteiger partial charge in [-0.15, -0.1) is 0 Å². The first-order valence-electron chi connectivity index (χ1n) is 14.3. The molecule has 3 N–H and O–H groups in total. The van der Waals surface area contributed by atoms with Crippen LogP contribution in [0.15, 0.2) is 67.3 Å². The van der Waals surface area contributed by atoms with Crippen LogP contribution in [0.25, 0.3) is 0 Å². The van der Waals surface area contributed by atoms with Crippen LogP contribution in [0.3, 0.4) is 0 Å². The third-order valence-corrected chi connectivity index (χ3v) is 6.35. The smallest absolute Gasteiger partial charge is 0.407 e. The molecular formula is C33H44N2O7. The minimum atomic E-state index is -0.793. The predicted octanol–water partition coefficient (Wildman–Crippen LogP) is 4.45. The predicted molar refractivity (Wildman–Crippen MR) is 161 cm³/mol. The molecule has 2 atom stereocenters. The van der Waals surface area contributed by atoms with Crippen LogP contribution >= 0.6 is 0 Å². The topological polar surface area (TPSA) is 131 Å². The van der Waals surface area contributed by atoms with E-state index >= 15 is 0 Å². The summed E-state index contributed by atoms with van der Waals surface area (Å²) in [5, 5.41) is 14.9. The lowest BCUT2D eigenvalue weighted by Crippen LogP contribution is -2.45. The maximum absolute atomic E-state index is 13.5. The minimum Gasteiger partial charge on any atom is -0.461 e. The standard InChI is InChI=1S/C33H44N2O7/c1-5-19-41-30(38)22-27(20-24-11-7-6-8-12-24)31(39)35-28(13-9-10-18-34-32(40)42-33(2,3)4)29(37)21-25-14-16-26(23-36)17-15-25/h5-8,11-12,14-17,27-28,36H,1,9-10,13,18-23H2,2-4H3,(H,34,40)(H,35,39)/t27-,28+/m1/s1. The third kappa shape index (κ3) is 13.6. The lowest BCUT2D eigenvalue weighted by molar-refractivity contribution is -0.146. The van der Waals surface area contributed by atoms with Crippen molar-refractivity contribution in [2.24, 2.45) is 5.92 Å². The number of benzene rings is 2. The van der Waals surface area contributed by atoms with Gasteiger partial charge in [0.2, 0.25) is 5.91 Å². The van der Waals surface area contributed by atoms with Crippen LogP contribution in [0.5, 0.6) is 0 Å². The number of unbranched alkanes of at least 4 members (excludes halogenated alkanes) is 1. The number of carbonyl (C=O) groups excluding carboxylic acids is 4. The average Bonchev–Trinajstić information content (AvgIpc) is 2.94. The molecule has 9 heteroatoms. The van der Waals surface area contributed by atoms with E-state index in [2.05, 4.69) is 17.2 Å². The van der Waals surface area contributed by atoms with Crippen LogP contribution in [-0.2, 0) is 43.3 Å². The number of ketones is 1. The summed E-state index contributed by atoms with van der Waals surface area (Å²) in [4.78, 5) is 51.3. The number of hydrogen-bond acceptors (Lipinski definition) is 7. The highest BCUT2D eigenvalue weighted by Gasteiger charge is 2.28. The third-order valence-electron chi connectivity index (χ3n) is 6.35. The van der Waals surface area contributed by atoms with Crippen LogP contribution in [0.4, 0.5) is 4.79 Å². The summed E-state index contributed by atoms with van der Waals surface area (Å²) in [6.45, 7) is 9.21. The molecule has 9 nitrogen and oxygen atoms in total. The molecule has 0 saturated carbocycles. The summed E-state index contributed by atoms with van der Waals surface area (Å²) >= 11 is 0. The van der Waals surface area contributed by atoms with Crippen LogP contribution in [-0.4, -0.2) is 53.7 Å². The van der Waals surface area contributed by atoms with Gasteiger partial charge in [-0.25, -0.2) is 4.79 Å². The lowest BCUT2D eigenvalue weighted by atomic mass is 9.93. The number of aliphatic hydroxyl groups excluding tert-OH is 1. The Morgan fingerprint density at radius 3 is 2.24 bits per heavy atom. The second kappa shape index (κ2) is 17.7. The van der Waals surface area contributed by atoms with Gasteiger partial charge in [0, 0.05) is 13.0 Å². The first-order valence-corrected chi connectivity index (χ1v) is 14.3. The van der Waals surface area contributed by atoms with Crippen LogP contribution in [0.2, 0.25) is 0 Å². The Labute approximate surface area is 248 Å². The molecule has 0 heterocycles. The molecule has 0 aromatic heterocycles. The molecule has 0 radical (unpaired) electrons. The number of Topliss-reactive ketones (excluding diaryl/α,β-unsaturated/α-hetero) is 1. The fourth-order valence-electron chi connectivity index (χ4n) is 4.24. The van der Waals surface area contributed by atoms with Crippen molar-refractivity contribution in [3.63, 3.8) is 0 Å². The zero-order chi connectivity index (χ0) is 31.0. The second-order valence-corrected chi connectivity index (χ2v) is 11.2. The fourth-order valence-corrected chi connectivity index (χ4v) is 4.24. The number of amides is 2. The van der Waals surface area contributed by atoms with Crippen molar-refractivity contribution in [3.8, 4) is 0 Å². The Balaban J connectivity index is 2.12. The molecule has 0 aliphatic carbocycles. The van der Waals surface area contributed by atoms with E-state index in [0.29, 0.717) is 32.2 Å². The van der Waals surface area contributed by atoms with Crippen molar-refractivity contribution in [1.82, 2.24) is 10.6 Å². The molecule has 0 saturated heterocycles. The molecule has 0 spiro atoms. The molecule has 2 aromatic carbocycles. The first-order chi connectivity index (χ1) is 20.0. The van der Waals surface area contributed by atoms with E-state index < -0.39 is 35.5 Å². The van der Waals surface area contributed by atoms with Crippen molar-refractivity contribution in [2.45, 2.75) is 77.5 Å². The van der Waals surface area contributed by atoms with Gasteiger partial charge in [-0.1, -0.05) is 67.3 Å². The number of esters is 1. The Morgan fingerprint density at radius 1 is 0.952 bits per heavy atom. The molecule has 0 bridgehead atoms. The monoisotopic (exact) mass is 580 g/mol. The lowest BCUT2D eigenvalue weighted by Gasteiger charge is -2.22. The zero-order valence-electron chi connectivity index (χ0n) is 24.9. The number of hydrogen-bond donors (Lipinski definition) is 3. The average molecular weight is 581 g/mol. The molecule has 42 heavy (non-hydrogen) atoms. The van der Waals surface area contributed by atoms with Crippen molar-refractivity contribution in [3.05, 3.63) is 83.9 Å². The summed E-state index contributed by atoms with van der Waals surface area (Å²) in [5.41, 5.74) is 1.78. The first kappa shape index (κ1) is 34.2. The molecule has 2 amide bonds. The largest absolute Gasteiger partial charge is 0.461 e. The number of carbonyl (C=O) groups is 4. The number of aliphatic hydroxyl groups is 1. The van der Waals surface area contributed by atoms with Gasteiger partial charge in [0.15, 0.2) is 5.78 Å². The Hall–Kier alpha value is -3.98. The SMILES string of the molecule is C=CCOC(=O)C[C@@H](Cc1ccccc1)C(=O)N[C@@H](CCCCNC(=O)OC(C)(C)C)C(=O)Cc1ccc(CO)cc1. The summed E-state index contributed by atoms with van der Waals surface area (Å²) in [5.74, 6) is -1.84. The molecule has 0 unspecified atom stereocenters. The van der Waals surface area contributed by atoms with E-state index in [-0.39, 0.29) is 31.8 Å². The molecule has 0 aliphatic rings. The second-order valence-electron chi connectivity index (χ2n) is 11.2. The summed E-state index contributed by atoms with van der Waals surface area (Å²) in [6, 6.07) is 15.6. The highest BCUT2D eigenvalue weighted by Crippen LogP contribution is 2.16. The van der Waals surface area contributed by atoms with Crippen molar-refractivity contribution < 1.29 is 33.8 Å². The summed E-state index contributed by atoms with van der Waals surface area (Å²) < 4.78 is 10.4. The highest BCUT2D eigenvalue weighted by atomic mass is 16.6. The van der Waals surface area contributed by atoms with Gasteiger partial charge in [-0.3, -0.25) is 14.4 Å². The molecule has 2 aromatic rings. The summed E-state index contributed by atoms with van der Waals surface area (Å²) in [6.07, 6.45) is 2.69. The highest BCUT2D eigenvalue weighted by molar-refractivity contribution is 5.92. The van der Waals surface area contributed by atoms with E-state index in [4.69, 9.17) is 9.47 Å². The van der Waals surface area contributed by atoms with Crippen LogP contribution in [0.1, 0.15) is 63.1 Å². The van der Waals surface area contributed by atoms with E-state index in [1.165, 1.54) is 6.08 Å². The maximum Gasteiger partial charge on any atom is 0.407 e. The van der Waals surface area contributed by atoms with Gasteiger partial charge < -0.3 is 25.2 Å². The quantitative estimate of drug-likeness (QED) is 0.143. The Kier molecular flexibility index (Phi) is 14.5. The van der Waals surface area contributed by atoms with Gasteiger partial charge in [0.25, 0.3) is 0 Å². The van der Waals surface area contributed by atoms with Crippen LogP contribution in [0, 0.1) is 5.92 Å². The van der Waals surface area contributed by atoms with E-state index in [0.717, 1.165) is 16.7 Å². The zero-order valence-corrected chi connectivity index (χ0v) is 24.9. The number of rotatable bonds is 17. The molecule has 0 fully saturated rings. The number of nitrogens with one attached hydrogen (secondary N) is 2. The summed E-state index contributed by atoms with van der Waals surface area (Å²) in [7, 11) is 0. The van der Waals surface area contributed by atoms with Crippen LogP contribution < -0.4 is 10.6 Å². The maximum atomic E-state index is 13.5.